The minimum absolute atomic E-state index is 0. The van der Waals surface area contributed by atoms with Crippen LogP contribution in [0.1, 0.15) is 32.6 Å². The Hall–Kier alpha value is -0.0800. The van der Waals surface area contributed by atoms with Gasteiger partial charge in [0, 0.05) is 39.3 Å². The molecular formula is C16H31IN4O. The van der Waals surface area contributed by atoms with Gasteiger partial charge < -0.3 is 15.4 Å². The van der Waals surface area contributed by atoms with Crippen molar-refractivity contribution in [3.8, 4) is 0 Å². The lowest BCUT2D eigenvalue weighted by molar-refractivity contribution is 0.0389. The molecule has 0 unspecified atom stereocenters. The largest absolute Gasteiger partial charge is 0.379 e. The van der Waals surface area contributed by atoms with Crippen molar-refractivity contribution in [2.45, 2.75) is 32.6 Å². The molecule has 0 aromatic rings. The molecule has 3 fully saturated rings. The van der Waals surface area contributed by atoms with Crippen molar-refractivity contribution in [1.82, 2.24) is 15.5 Å². The van der Waals surface area contributed by atoms with Gasteiger partial charge in [0.05, 0.1) is 13.2 Å². The smallest absolute Gasteiger partial charge is 0.191 e. The van der Waals surface area contributed by atoms with Crippen molar-refractivity contribution < 1.29 is 4.74 Å². The summed E-state index contributed by atoms with van der Waals surface area (Å²) in [5.41, 5.74) is 0.590. The zero-order valence-corrected chi connectivity index (χ0v) is 16.1. The fourth-order valence-corrected chi connectivity index (χ4v) is 3.29. The van der Waals surface area contributed by atoms with Crippen molar-refractivity contribution in [3.63, 3.8) is 0 Å². The second-order valence-corrected chi connectivity index (χ2v) is 6.71. The maximum atomic E-state index is 5.38. The topological polar surface area (TPSA) is 48.9 Å². The zero-order valence-electron chi connectivity index (χ0n) is 13.8. The predicted molar refractivity (Wildman–Crippen MR) is 101 cm³/mol. The highest BCUT2D eigenvalue weighted by Gasteiger charge is 2.53. The van der Waals surface area contributed by atoms with E-state index in [1.54, 1.807) is 0 Å². The van der Waals surface area contributed by atoms with Crippen LogP contribution in [-0.4, -0.2) is 63.3 Å². The number of halogens is 1. The van der Waals surface area contributed by atoms with Crippen LogP contribution >= 0.6 is 24.0 Å². The second-order valence-electron chi connectivity index (χ2n) is 6.71. The van der Waals surface area contributed by atoms with Crippen molar-refractivity contribution in [1.29, 1.82) is 0 Å². The van der Waals surface area contributed by atoms with Crippen molar-refractivity contribution in [2.24, 2.45) is 16.3 Å². The van der Waals surface area contributed by atoms with Crippen LogP contribution in [0.3, 0.4) is 0 Å². The van der Waals surface area contributed by atoms with Crippen LogP contribution < -0.4 is 10.6 Å². The van der Waals surface area contributed by atoms with E-state index in [2.05, 4.69) is 22.5 Å². The molecular weight excluding hydrogens is 391 g/mol. The molecule has 0 amide bonds. The molecule has 2 N–H and O–H groups in total. The van der Waals surface area contributed by atoms with E-state index >= 15 is 0 Å². The number of hydrogen-bond acceptors (Lipinski definition) is 3. The van der Waals surface area contributed by atoms with Crippen LogP contribution in [0.2, 0.25) is 0 Å². The van der Waals surface area contributed by atoms with Crippen LogP contribution in [0.15, 0.2) is 4.99 Å². The molecule has 5 nitrogen and oxygen atoms in total. The molecule has 1 aliphatic heterocycles. The standard InChI is InChI=1S/C16H30N4O.HI/c1-2-17-15(18-7-8-20-9-11-21-12-10-20)19-13-16(5-6-16)14-3-4-14;/h14H,2-13H2,1H3,(H2,17,18,19);1H. The highest BCUT2D eigenvalue weighted by Crippen LogP contribution is 2.61. The molecule has 2 aliphatic carbocycles. The summed E-state index contributed by atoms with van der Waals surface area (Å²) in [6.07, 6.45) is 5.68. The number of nitrogens with zero attached hydrogens (tertiary/aromatic N) is 2. The van der Waals surface area contributed by atoms with Crippen LogP contribution in [0.4, 0.5) is 0 Å². The third kappa shape index (κ3) is 5.23. The van der Waals surface area contributed by atoms with Gasteiger partial charge in [-0.1, -0.05) is 0 Å². The first-order chi connectivity index (χ1) is 10.3. The Bertz CT molecular complexity index is 363. The van der Waals surface area contributed by atoms with E-state index in [4.69, 9.17) is 9.73 Å². The van der Waals surface area contributed by atoms with Gasteiger partial charge in [0.2, 0.25) is 0 Å². The SMILES string of the molecule is CCNC(=NCC1(C2CC2)CC1)NCCN1CCOCC1.I. The monoisotopic (exact) mass is 422 g/mol. The Labute approximate surface area is 151 Å². The molecule has 1 saturated heterocycles. The molecule has 3 rings (SSSR count). The molecule has 0 aromatic carbocycles. The van der Waals surface area contributed by atoms with E-state index in [9.17, 15) is 0 Å². The lowest BCUT2D eigenvalue weighted by atomic mass is 10.0. The maximum Gasteiger partial charge on any atom is 0.191 e. The Kier molecular flexibility index (Phi) is 7.21. The third-order valence-electron chi connectivity index (χ3n) is 5.06. The number of morpholine rings is 1. The van der Waals surface area contributed by atoms with Gasteiger partial charge >= 0.3 is 0 Å². The number of rotatable bonds is 7. The number of aliphatic imine (C=N–C) groups is 1. The summed E-state index contributed by atoms with van der Waals surface area (Å²) in [5.74, 6) is 1.98. The van der Waals surface area contributed by atoms with E-state index in [1.165, 1.54) is 25.7 Å². The Morgan fingerprint density at radius 3 is 2.55 bits per heavy atom. The maximum absolute atomic E-state index is 5.38. The number of nitrogens with one attached hydrogen (secondary N) is 2. The fraction of sp³-hybridized carbons (Fsp3) is 0.938. The van der Waals surface area contributed by atoms with E-state index in [0.717, 1.165) is 64.4 Å². The average Bonchev–Trinajstić information content (AvgIpc) is 3.39. The Balaban J connectivity index is 0.00000176. The third-order valence-corrected chi connectivity index (χ3v) is 5.06. The highest BCUT2D eigenvalue weighted by molar-refractivity contribution is 14.0. The molecule has 128 valence electrons. The van der Waals surface area contributed by atoms with Crippen LogP contribution in [-0.2, 0) is 4.74 Å². The summed E-state index contributed by atoms with van der Waals surface area (Å²) in [6, 6.07) is 0. The molecule has 22 heavy (non-hydrogen) atoms. The Morgan fingerprint density at radius 2 is 1.95 bits per heavy atom. The van der Waals surface area contributed by atoms with Gasteiger partial charge in [0.1, 0.15) is 0 Å². The molecule has 3 aliphatic rings. The lowest BCUT2D eigenvalue weighted by Gasteiger charge is -2.26. The first kappa shape index (κ1) is 18.3. The van der Waals surface area contributed by atoms with Crippen molar-refractivity contribution in [2.75, 3.05) is 52.5 Å². The van der Waals surface area contributed by atoms with Gasteiger partial charge in [-0.3, -0.25) is 9.89 Å². The minimum Gasteiger partial charge on any atom is -0.379 e. The summed E-state index contributed by atoms with van der Waals surface area (Å²) in [7, 11) is 0. The number of hydrogen-bond donors (Lipinski definition) is 2. The van der Waals surface area contributed by atoms with Gasteiger partial charge in [-0.2, -0.15) is 0 Å². The second kappa shape index (κ2) is 8.68. The number of ether oxygens (including phenoxy) is 1. The van der Waals surface area contributed by atoms with Gasteiger partial charge in [-0.15, -0.1) is 24.0 Å². The molecule has 2 saturated carbocycles. The van der Waals surface area contributed by atoms with Gasteiger partial charge in [-0.05, 0) is 43.9 Å². The van der Waals surface area contributed by atoms with Gasteiger partial charge in [-0.25, -0.2) is 0 Å². The lowest BCUT2D eigenvalue weighted by Crippen LogP contribution is -2.44. The molecule has 0 radical (unpaired) electrons. The average molecular weight is 422 g/mol. The predicted octanol–water partition coefficient (Wildman–Crippen LogP) is 1.68. The van der Waals surface area contributed by atoms with Crippen molar-refractivity contribution in [3.05, 3.63) is 0 Å². The Morgan fingerprint density at radius 1 is 1.23 bits per heavy atom. The number of guanidine groups is 1. The first-order valence-electron chi connectivity index (χ1n) is 8.65. The van der Waals surface area contributed by atoms with Crippen LogP contribution in [0.5, 0.6) is 0 Å². The van der Waals surface area contributed by atoms with E-state index in [0.29, 0.717) is 5.41 Å². The molecule has 6 heteroatoms. The quantitative estimate of drug-likeness (QED) is 0.373. The fourth-order valence-electron chi connectivity index (χ4n) is 3.29. The van der Waals surface area contributed by atoms with E-state index < -0.39 is 0 Å². The van der Waals surface area contributed by atoms with Gasteiger partial charge in [0.15, 0.2) is 5.96 Å². The van der Waals surface area contributed by atoms with Gasteiger partial charge in [0.25, 0.3) is 0 Å². The molecule has 0 spiro atoms. The summed E-state index contributed by atoms with van der Waals surface area (Å²) in [4.78, 5) is 7.29. The summed E-state index contributed by atoms with van der Waals surface area (Å²) in [5, 5.41) is 6.86. The molecule has 0 aromatic heterocycles. The molecule has 0 atom stereocenters. The van der Waals surface area contributed by atoms with E-state index in [-0.39, 0.29) is 24.0 Å². The van der Waals surface area contributed by atoms with Crippen LogP contribution in [0.25, 0.3) is 0 Å². The normalized spacial score (nSPS) is 24.5. The molecule has 1 heterocycles. The zero-order chi connectivity index (χ0) is 14.5. The summed E-state index contributed by atoms with van der Waals surface area (Å²) >= 11 is 0. The summed E-state index contributed by atoms with van der Waals surface area (Å²) in [6.45, 7) is 9.97. The van der Waals surface area contributed by atoms with Crippen molar-refractivity contribution >= 4 is 29.9 Å². The summed E-state index contributed by atoms with van der Waals surface area (Å²) < 4.78 is 5.38. The van der Waals surface area contributed by atoms with E-state index in [1.807, 2.05) is 0 Å². The first-order valence-corrected chi connectivity index (χ1v) is 8.65. The minimum atomic E-state index is 0. The van der Waals surface area contributed by atoms with Crippen LogP contribution in [0, 0.1) is 11.3 Å². The highest BCUT2D eigenvalue weighted by atomic mass is 127. The molecule has 0 bridgehead atoms.